The van der Waals surface area contributed by atoms with Gasteiger partial charge in [-0.3, -0.25) is 10.1 Å². The summed E-state index contributed by atoms with van der Waals surface area (Å²) in [7, 11) is 1.64. The predicted molar refractivity (Wildman–Crippen MR) is 118 cm³/mol. The van der Waals surface area contributed by atoms with Crippen molar-refractivity contribution in [3.05, 3.63) is 70.8 Å². The number of carbonyl (C=O) groups excluding carboxylic acids is 1. The highest BCUT2D eigenvalue weighted by Gasteiger charge is 2.54. The van der Waals surface area contributed by atoms with Crippen LogP contribution in [0.5, 0.6) is 0 Å². The molecule has 0 aromatic heterocycles. The van der Waals surface area contributed by atoms with Gasteiger partial charge in [0.1, 0.15) is 5.54 Å². The van der Waals surface area contributed by atoms with Gasteiger partial charge in [0, 0.05) is 7.05 Å². The number of carbonyl (C=O) groups is 1. The van der Waals surface area contributed by atoms with Crippen LogP contribution < -0.4 is 5.32 Å². The van der Waals surface area contributed by atoms with Crippen LogP contribution in [0.1, 0.15) is 56.1 Å². The van der Waals surface area contributed by atoms with Crippen molar-refractivity contribution in [2.24, 2.45) is 5.41 Å². The Morgan fingerprint density at radius 2 is 1.49 bits per heavy atom. The molecule has 1 fully saturated rings. The molecule has 3 rings (SSSR count). The van der Waals surface area contributed by atoms with Crippen molar-refractivity contribution in [2.75, 3.05) is 13.7 Å². The van der Waals surface area contributed by atoms with Crippen LogP contribution in [0, 0.1) is 5.41 Å². The first-order valence-electron chi connectivity index (χ1n) is 11.0. The number of halogens is 6. The second-order valence-corrected chi connectivity index (χ2v) is 9.89. The highest BCUT2D eigenvalue weighted by Crippen LogP contribution is 2.40. The van der Waals surface area contributed by atoms with E-state index in [-0.39, 0.29) is 35.7 Å². The summed E-state index contributed by atoms with van der Waals surface area (Å²) in [4.78, 5) is 15.0. The molecule has 2 aromatic rings. The molecule has 2 aromatic carbocycles. The van der Waals surface area contributed by atoms with E-state index in [1.165, 1.54) is 6.92 Å². The number of ether oxygens (including phenoxy) is 1. The third-order valence-electron chi connectivity index (χ3n) is 6.17. The first-order chi connectivity index (χ1) is 16.0. The monoisotopic (exact) mass is 502 g/mol. The van der Waals surface area contributed by atoms with Gasteiger partial charge in [0.25, 0.3) is 5.91 Å². The lowest BCUT2D eigenvalue weighted by Gasteiger charge is -2.33. The number of hydrogen-bond donors (Lipinski definition) is 1. The average molecular weight is 502 g/mol. The lowest BCUT2D eigenvalue weighted by molar-refractivity contribution is -0.143. The van der Waals surface area contributed by atoms with Crippen molar-refractivity contribution in [3.63, 3.8) is 0 Å². The Morgan fingerprint density at radius 1 is 0.971 bits per heavy atom. The van der Waals surface area contributed by atoms with Crippen molar-refractivity contribution in [3.8, 4) is 0 Å². The van der Waals surface area contributed by atoms with Crippen LogP contribution in [0.3, 0.4) is 0 Å². The summed E-state index contributed by atoms with van der Waals surface area (Å²) < 4.78 is 85.6. The molecule has 4 nitrogen and oxygen atoms in total. The Morgan fingerprint density at radius 3 is 1.91 bits per heavy atom. The Labute approximate surface area is 200 Å². The number of likely N-dealkylation sites (N-methyl/N-ethyl adjacent to an activating group) is 1. The average Bonchev–Trinajstić information content (AvgIpc) is 3.03. The Kier molecular flexibility index (Phi) is 7.04. The smallest absolute Gasteiger partial charge is 0.371 e. The standard InChI is InChI=1S/C25H28F6N2O2/c1-15(16-11-18(24(26,27)28)13-19(12-16)25(29,30)31)35-14-23(17-9-7-6-8-10-17)21(34)33(5)20(32-23)22(2,3)4/h6-13,15,20,32H,14H2,1-5H3. The van der Waals surface area contributed by atoms with Gasteiger partial charge >= 0.3 is 12.4 Å². The van der Waals surface area contributed by atoms with E-state index >= 15 is 0 Å². The van der Waals surface area contributed by atoms with Crippen LogP contribution in [0.25, 0.3) is 0 Å². The Balaban J connectivity index is 1.98. The van der Waals surface area contributed by atoms with Crippen LogP contribution in [-0.2, 0) is 27.4 Å². The molecule has 3 unspecified atom stereocenters. The minimum absolute atomic E-state index is 0.0760. The van der Waals surface area contributed by atoms with Crippen LogP contribution in [-0.4, -0.2) is 30.6 Å². The molecule has 1 aliphatic heterocycles. The normalized spacial score (nSPS) is 22.5. The maximum absolute atomic E-state index is 13.5. The second kappa shape index (κ2) is 9.13. The van der Waals surface area contributed by atoms with Gasteiger partial charge in [-0.05, 0) is 41.7 Å². The van der Waals surface area contributed by atoms with Crippen molar-refractivity contribution in [2.45, 2.75) is 57.9 Å². The largest absolute Gasteiger partial charge is 0.416 e. The molecule has 1 aliphatic rings. The molecule has 1 heterocycles. The molecule has 192 valence electrons. The number of hydrogen-bond acceptors (Lipinski definition) is 3. The molecule has 3 atom stereocenters. The van der Waals surface area contributed by atoms with Gasteiger partial charge in [0.15, 0.2) is 0 Å². The molecule has 10 heteroatoms. The summed E-state index contributed by atoms with van der Waals surface area (Å²) in [6.07, 6.45) is -11.5. The molecule has 0 radical (unpaired) electrons. The van der Waals surface area contributed by atoms with Gasteiger partial charge < -0.3 is 9.64 Å². The molecule has 1 amide bonds. The van der Waals surface area contributed by atoms with Crippen LogP contribution in [0.2, 0.25) is 0 Å². The maximum atomic E-state index is 13.5. The zero-order chi connectivity index (χ0) is 26.4. The molecular weight excluding hydrogens is 474 g/mol. The maximum Gasteiger partial charge on any atom is 0.416 e. The molecule has 0 bridgehead atoms. The Bertz CT molecular complexity index is 1030. The molecule has 0 spiro atoms. The first-order valence-corrected chi connectivity index (χ1v) is 11.0. The summed E-state index contributed by atoms with van der Waals surface area (Å²) in [6, 6.07) is 10.1. The predicted octanol–water partition coefficient (Wildman–Crippen LogP) is 6.13. The van der Waals surface area contributed by atoms with Gasteiger partial charge in [-0.2, -0.15) is 26.3 Å². The minimum Gasteiger partial charge on any atom is -0.371 e. The summed E-state index contributed by atoms with van der Waals surface area (Å²) in [6.45, 7) is 6.89. The lowest BCUT2D eigenvalue weighted by atomic mass is 9.89. The third-order valence-corrected chi connectivity index (χ3v) is 6.17. The van der Waals surface area contributed by atoms with E-state index in [0.29, 0.717) is 17.7 Å². The minimum atomic E-state index is -4.97. The van der Waals surface area contributed by atoms with Crippen LogP contribution in [0.15, 0.2) is 48.5 Å². The molecule has 0 aliphatic carbocycles. The van der Waals surface area contributed by atoms with E-state index in [9.17, 15) is 31.1 Å². The van der Waals surface area contributed by atoms with Gasteiger partial charge in [-0.1, -0.05) is 51.1 Å². The molecular formula is C25H28F6N2O2. The Hall–Kier alpha value is -2.59. The topological polar surface area (TPSA) is 41.6 Å². The van der Waals surface area contributed by atoms with E-state index in [0.717, 1.165) is 0 Å². The van der Waals surface area contributed by atoms with Crippen molar-refractivity contribution >= 4 is 5.91 Å². The molecule has 0 saturated carbocycles. The number of nitrogens with zero attached hydrogens (tertiary/aromatic N) is 1. The van der Waals surface area contributed by atoms with Crippen LogP contribution in [0.4, 0.5) is 26.3 Å². The van der Waals surface area contributed by atoms with E-state index in [1.54, 1.807) is 42.3 Å². The van der Waals surface area contributed by atoms with Crippen molar-refractivity contribution < 1.29 is 35.9 Å². The fraction of sp³-hybridized carbons (Fsp3) is 0.480. The number of amides is 1. The van der Waals surface area contributed by atoms with Gasteiger partial charge in [-0.25, -0.2) is 0 Å². The van der Waals surface area contributed by atoms with E-state index in [2.05, 4.69) is 5.32 Å². The van der Waals surface area contributed by atoms with Gasteiger partial charge in [0.2, 0.25) is 0 Å². The van der Waals surface area contributed by atoms with E-state index in [4.69, 9.17) is 4.74 Å². The van der Waals surface area contributed by atoms with E-state index < -0.39 is 35.1 Å². The molecule has 1 saturated heterocycles. The second-order valence-electron chi connectivity index (χ2n) is 9.89. The summed E-state index contributed by atoms with van der Waals surface area (Å²) in [5, 5.41) is 3.33. The van der Waals surface area contributed by atoms with E-state index in [1.807, 2.05) is 20.8 Å². The number of rotatable bonds is 5. The SMILES string of the molecule is CC(OCC1(c2ccccc2)NC(C(C)(C)C)N(C)C1=O)c1cc(C(F)(F)F)cc(C(F)(F)F)c1. The lowest BCUT2D eigenvalue weighted by Crippen LogP contribution is -2.51. The summed E-state index contributed by atoms with van der Waals surface area (Å²) >= 11 is 0. The highest BCUT2D eigenvalue weighted by atomic mass is 19.4. The quantitative estimate of drug-likeness (QED) is 0.500. The van der Waals surface area contributed by atoms with Gasteiger partial charge in [-0.15, -0.1) is 0 Å². The summed E-state index contributed by atoms with van der Waals surface area (Å²) in [5.74, 6) is -0.309. The zero-order valence-corrected chi connectivity index (χ0v) is 20.0. The fourth-order valence-electron chi connectivity index (χ4n) is 4.28. The number of benzene rings is 2. The first kappa shape index (κ1) is 27.0. The van der Waals surface area contributed by atoms with Crippen molar-refractivity contribution in [1.82, 2.24) is 10.2 Å². The molecule has 1 N–H and O–H groups in total. The van der Waals surface area contributed by atoms with Crippen molar-refractivity contribution in [1.29, 1.82) is 0 Å². The summed E-state index contributed by atoms with van der Waals surface area (Å²) in [5.41, 5.74) is -4.28. The number of nitrogens with one attached hydrogen (secondary N) is 1. The van der Waals surface area contributed by atoms with Gasteiger partial charge in [0.05, 0.1) is 30.0 Å². The fourth-order valence-corrected chi connectivity index (χ4v) is 4.28. The third kappa shape index (κ3) is 5.48. The molecule has 35 heavy (non-hydrogen) atoms. The van der Waals surface area contributed by atoms with Crippen LogP contribution >= 0.6 is 0 Å². The zero-order valence-electron chi connectivity index (χ0n) is 20.0. The highest BCUT2D eigenvalue weighted by molar-refractivity contribution is 5.90. The number of alkyl halides is 6.